The highest BCUT2D eigenvalue weighted by Gasteiger charge is 2.23. The van der Waals surface area contributed by atoms with E-state index in [-0.39, 0.29) is 5.91 Å². The summed E-state index contributed by atoms with van der Waals surface area (Å²) in [5, 5.41) is 0. The van der Waals surface area contributed by atoms with Gasteiger partial charge in [-0.2, -0.15) is 0 Å². The minimum atomic E-state index is 0.0105. The summed E-state index contributed by atoms with van der Waals surface area (Å²) < 4.78 is 16.0. The van der Waals surface area contributed by atoms with Crippen molar-refractivity contribution in [1.82, 2.24) is 4.90 Å². The Morgan fingerprint density at radius 3 is 2.12 bits per heavy atom. The fraction of sp³-hybridized carbons (Fsp3) is 0.550. The van der Waals surface area contributed by atoms with Gasteiger partial charge in [0.15, 0.2) is 11.5 Å². The molecule has 0 spiro atoms. The fourth-order valence-corrected chi connectivity index (χ4v) is 3.27. The Morgan fingerprint density at radius 1 is 1.00 bits per heavy atom. The Morgan fingerprint density at radius 2 is 1.56 bits per heavy atom. The van der Waals surface area contributed by atoms with Gasteiger partial charge >= 0.3 is 0 Å². The second-order valence-electron chi connectivity index (χ2n) is 6.65. The molecule has 0 radical (unpaired) electrons. The van der Waals surface area contributed by atoms with E-state index in [4.69, 9.17) is 14.2 Å². The summed E-state index contributed by atoms with van der Waals surface area (Å²) in [6.07, 6.45) is 7.91. The van der Waals surface area contributed by atoms with Crippen LogP contribution in [0.1, 0.15) is 38.2 Å². The Kier molecular flexibility index (Phi) is 6.73. The summed E-state index contributed by atoms with van der Waals surface area (Å²) in [5.74, 6) is 2.61. The third kappa shape index (κ3) is 4.68. The van der Waals surface area contributed by atoms with Crippen molar-refractivity contribution in [2.45, 2.75) is 38.6 Å². The number of carbonyl (C=O) groups excluding carboxylic acids is 1. The van der Waals surface area contributed by atoms with Gasteiger partial charge in [-0.05, 0) is 43.7 Å². The average molecular weight is 347 g/mol. The zero-order chi connectivity index (χ0) is 18.4. The van der Waals surface area contributed by atoms with E-state index < -0.39 is 0 Å². The molecule has 138 valence electrons. The molecule has 0 aliphatic heterocycles. The maximum absolute atomic E-state index is 12.5. The van der Waals surface area contributed by atoms with Gasteiger partial charge in [0.2, 0.25) is 5.91 Å². The summed E-state index contributed by atoms with van der Waals surface area (Å²) in [6.45, 7) is 2.28. The van der Waals surface area contributed by atoms with Crippen LogP contribution in [0.15, 0.2) is 18.2 Å². The van der Waals surface area contributed by atoms with Crippen LogP contribution in [0.4, 0.5) is 0 Å². The van der Waals surface area contributed by atoms with Crippen LogP contribution >= 0.6 is 0 Å². The molecule has 0 atom stereocenters. The first kappa shape index (κ1) is 19.2. The van der Waals surface area contributed by atoms with Gasteiger partial charge in [-0.3, -0.25) is 4.79 Å². The van der Waals surface area contributed by atoms with E-state index in [1.54, 1.807) is 39.5 Å². The molecule has 1 aromatic rings. The second-order valence-corrected chi connectivity index (χ2v) is 6.65. The molecular formula is C20H29NO4. The highest BCUT2D eigenvalue weighted by molar-refractivity contribution is 5.92. The van der Waals surface area contributed by atoms with Crippen molar-refractivity contribution >= 4 is 12.0 Å². The first-order valence-electron chi connectivity index (χ1n) is 8.75. The molecule has 0 aromatic heterocycles. The largest absolute Gasteiger partial charge is 0.496 e. The zero-order valence-corrected chi connectivity index (χ0v) is 15.9. The standard InChI is InChI=1S/C20H29NO4/c1-14-6-9-16(10-7-14)21(2)20(22)11-8-15-12-18(24-4)19(25-5)13-17(15)23-3/h8,11-14,16H,6-7,9-10H2,1-5H3/b11-8+. The number of benzene rings is 1. The molecule has 5 nitrogen and oxygen atoms in total. The van der Waals surface area contributed by atoms with Crippen molar-refractivity contribution < 1.29 is 19.0 Å². The first-order valence-corrected chi connectivity index (χ1v) is 8.75. The van der Waals surface area contributed by atoms with Gasteiger partial charge in [-0.1, -0.05) is 6.92 Å². The van der Waals surface area contributed by atoms with Crippen LogP contribution < -0.4 is 14.2 Å². The lowest BCUT2D eigenvalue weighted by Gasteiger charge is -2.33. The van der Waals surface area contributed by atoms with Gasteiger partial charge in [-0.15, -0.1) is 0 Å². The molecular weight excluding hydrogens is 318 g/mol. The average Bonchev–Trinajstić information content (AvgIpc) is 2.65. The number of rotatable bonds is 6. The molecule has 25 heavy (non-hydrogen) atoms. The van der Waals surface area contributed by atoms with Crippen molar-refractivity contribution in [3.8, 4) is 17.2 Å². The minimum Gasteiger partial charge on any atom is -0.496 e. The Balaban J connectivity index is 2.13. The molecule has 0 N–H and O–H groups in total. The first-order chi connectivity index (χ1) is 12.0. The smallest absolute Gasteiger partial charge is 0.246 e. The number of carbonyl (C=O) groups is 1. The van der Waals surface area contributed by atoms with Gasteiger partial charge in [0.25, 0.3) is 0 Å². The normalized spacial score (nSPS) is 20.4. The highest BCUT2D eigenvalue weighted by atomic mass is 16.5. The van der Waals surface area contributed by atoms with Gasteiger partial charge in [0.05, 0.1) is 21.3 Å². The van der Waals surface area contributed by atoms with Crippen LogP contribution in [0.3, 0.4) is 0 Å². The van der Waals surface area contributed by atoms with Gasteiger partial charge in [0.1, 0.15) is 5.75 Å². The summed E-state index contributed by atoms with van der Waals surface area (Å²) in [6, 6.07) is 3.90. The molecule has 2 rings (SSSR count). The number of nitrogens with zero attached hydrogens (tertiary/aromatic N) is 1. The summed E-state index contributed by atoms with van der Waals surface area (Å²) in [5.41, 5.74) is 0.777. The number of ether oxygens (including phenoxy) is 3. The predicted molar refractivity (Wildman–Crippen MR) is 99.3 cm³/mol. The molecule has 1 saturated carbocycles. The van der Waals surface area contributed by atoms with Gasteiger partial charge < -0.3 is 19.1 Å². The lowest BCUT2D eigenvalue weighted by Crippen LogP contribution is -2.38. The van der Waals surface area contributed by atoms with Crippen LogP contribution in [0.2, 0.25) is 0 Å². The van der Waals surface area contributed by atoms with Crippen molar-refractivity contribution in [2.24, 2.45) is 5.92 Å². The predicted octanol–water partition coefficient (Wildman–Crippen LogP) is 3.76. The van der Waals surface area contributed by atoms with Crippen LogP contribution in [0, 0.1) is 5.92 Å². The molecule has 0 heterocycles. The number of amides is 1. The Hall–Kier alpha value is -2.17. The molecule has 1 aromatic carbocycles. The lowest BCUT2D eigenvalue weighted by molar-refractivity contribution is -0.127. The molecule has 0 bridgehead atoms. The van der Waals surface area contributed by atoms with E-state index in [0.29, 0.717) is 23.3 Å². The second kappa shape index (κ2) is 8.79. The fourth-order valence-electron chi connectivity index (χ4n) is 3.27. The van der Waals surface area contributed by atoms with Crippen LogP contribution in [0.25, 0.3) is 6.08 Å². The third-order valence-electron chi connectivity index (χ3n) is 5.02. The van der Waals surface area contributed by atoms with Crippen LogP contribution in [0.5, 0.6) is 17.2 Å². The summed E-state index contributed by atoms with van der Waals surface area (Å²) in [4.78, 5) is 14.4. The summed E-state index contributed by atoms with van der Waals surface area (Å²) >= 11 is 0. The van der Waals surface area contributed by atoms with Crippen LogP contribution in [-0.2, 0) is 4.79 Å². The molecule has 1 fully saturated rings. The molecule has 1 aliphatic rings. The van der Waals surface area contributed by atoms with E-state index in [2.05, 4.69) is 6.92 Å². The van der Waals surface area contributed by atoms with Gasteiger partial charge in [0, 0.05) is 30.8 Å². The van der Waals surface area contributed by atoms with E-state index in [0.717, 1.165) is 24.3 Å². The number of likely N-dealkylation sites (N-methyl/N-ethyl adjacent to an activating group) is 1. The summed E-state index contributed by atoms with van der Waals surface area (Å²) in [7, 11) is 6.64. The zero-order valence-electron chi connectivity index (χ0n) is 15.9. The van der Waals surface area contributed by atoms with Crippen molar-refractivity contribution in [3.63, 3.8) is 0 Å². The third-order valence-corrected chi connectivity index (χ3v) is 5.02. The quantitative estimate of drug-likeness (QED) is 0.735. The molecule has 0 saturated heterocycles. The molecule has 0 unspecified atom stereocenters. The Labute approximate surface area is 150 Å². The SMILES string of the molecule is COc1cc(OC)c(OC)cc1/C=C/C(=O)N(C)C1CCC(C)CC1. The minimum absolute atomic E-state index is 0.0105. The molecule has 1 amide bonds. The molecule has 5 heteroatoms. The maximum atomic E-state index is 12.5. The number of hydrogen-bond donors (Lipinski definition) is 0. The monoisotopic (exact) mass is 347 g/mol. The van der Waals surface area contributed by atoms with Crippen molar-refractivity contribution in [2.75, 3.05) is 28.4 Å². The van der Waals surface area contributed by atoms with Gasteiger partial charge in [-0.25, -0.2) is 0 Å². The van der Waals surface area contributed by atoms with Crippen molar-refractivity contribution in [3.05, 3.63) is 23.8 Å². The highest BCUT2D eigenvalue weighted by Crippen LogP contribution is 2.35. The number of hydrogen-bond acceptors (Lipinski definition) is 4. The van der Waals surface area contributed by atoms with E-state index in [1.165, 1.54) is 12.8 Å². The maximum Gasteiger partial charge on any atom is 0.246 e. The molecule has 1 aliphatic carbocycles. The van der Waals surface area contributed by atoms with Crippen LogP contribution in [-0.4, -0.2) is 45.2 Å². The topological polar surface area (TPSA) is 48.0 Å². The van der Waals surface area contributed by atoms with Crippen molar-refractivity contribution in [1.29, 1.82) is 0 Å². The van der Waals surface area contributed by atoms with E-state index >= 15 is 0 Å². The van der Waals surface area contributed by atoms with E-state index in [1.807, 2.05) is 18.0 Å². The number of methoxy groups -OCH3 is 3. The van der Waals surface area contributed by atoms with E-state index in [9.17, 15) is 4.79 Å². The Bertz CT molecular complexity index is 618. The lowest BCUT2D eigenvalue weighted by atomic mass is 9.87.